The van der Waals surface area contributed by atoms with Gasteiger partial charge in [0.15, 0.2) is 6.10 Å². The molecule has 0 bridgehead atoms. The number of hydrogen-bond acceptors (Lipinski definition) is 6. The van der Waals surface area contributed by atoms with Gasteiger partial charge in [0.1, 0.15) is 13.2 Å². The Morgan fingerprint density at radius 3 is 0.833 bits per heavy atom. The van der Waals surface area contributed by atoms with Gasteiger partial charge in [-0.2, -0.15) is 0 Å². The van der Waals surface area contributed by atoms with Crippen LogP contribution in [0.5, 0.6) is 0 Å². The first-order valence-corrected chi connectivity index (χ1v) is 21.0. The molecular formula is C42H80O6. The average molecular weight is 681 g/mol. The largest absolute Gasteiger partial charge is 0.462 e. The van der Waals surface area contributed by atoms with Crippen molar-refractivity contribution < 1.29 is 28.6 Å². The molecule has 0 rings (SSSR count). The maximum Gasteiger partial charge on any atom is 0.306 e. The monoisotopic (exact) mass is 681 g/mol. The van der Waals surface area contributed by atoms with E-state index in [4.69, 9.17) is 14.2 Å². The van der Waals surface area contributed by atoms with E-state index in [0.29, 0.717) is 19.3 Å². The van der Waals surface area contributed by atoms with Crippen LogP contribution in [0.2, 0.25) is 0 Å². The molecule has 0 saturated carbocycles. The van der Waals surface area contributed by atoms with Crippen LogP contribution in [0.3, 0.4) is 0 Å². The number of esters is 3. The van der Waals surface area contributed by atoms with Crippen molar-refractivity contribution in [1.82, 2.24) is 0 Å². The van der Waals surface area contributed by atoms with Crippen molar-refractivity contribution in [2.75, 3.05) is 13.2 Å². The summed E-state index contributed by atoms with van der Waals surface area (Å²) < 4.78 is 16.5. The highest BCUT2D eigenvalue weighted by molar-refractivity contribution is 5.71. The lowest BCUT2D eigenvalue weighted by Crippen LogP contribution is -2.30. The Kier molecular flexibility index (Phi) is 36.9. The van der Waals surface area contributed by atoms with Gasteiger partial charge in [-0.1, -0.05) is 194 Å². The van der Waals surface area contributed by atoms with Crippen molar-refractivity contribution in [3.05, 3.63) is 0 Å². The summed E-state index contributed by atoms with van der Waals surface area (Å²) in [5, 5.41) is 0. The molecule has 0 amide bonds. The summed E-state index contributed by atoms with van der Waals surface area (Å²) in [4.78, 5) is 37.3. The maximum atomic E-state index is 12.6. The predicted molar refractivity (Wildman–Crippen MR) is 201 cm³/mol. The molecule has 0 heterocycles. The van der Waals surface area contributed by atoms with Crippen molar-refractivity contribution in [2.45, 2.75) is 239 Å². The van der Waals surface area contributed by atoms with Gasteiger partial charge in [-0.3, -0.25) is 14.4 Å². The summed E-state index contributed by atoms with van der Waals surface area (Å²) >= 11 is 0. The Hall–Kier alpha value is -1.59. The normalized spacial score (nSPS) is 11.8. The summed E-state index contributed by atoms with van der Waals surface area (Å²) in [7, 11) is 0. The van der Waals surface area contributed by atoms with Gasteiger partial charge < -0.3 is 14.2 Å². The lowest BCUT2D eigenvalue weighted by molar-refractivity contribution is -0.167. The highest BCUT2D eigenvalue weighted by Crippen LogP contribution is 2.15. The molecule has 48 heavy (non-hydrogen) atoms. The van der Waals surface area contributed by atoms with Gasteiger partial charge in [0, 0.05) is 19.3 Å². The Balaban J connectivity index is 4.18. The van der Waals surface area contributed by atoms with Crippen LogP contribution in [0.4, 0.5) is 0 Å². The summed E-state index contributed by atoms with van der Waals surface area (Å²) in [6.45, 7) is 6.55. The van der Waals surface area contributed by atoms with E-state index in [1.54, 1.807) is 0 Å². The summed E-state index contributed by atoms with van der Waals surface area (Å²) in [6.07, 6.45) is 36.8. The number of carbonyl (C=O) groups is 3. The van der Waals surface area contributed by atoms with Crippen LogP contribution in [-0.2, 0) is 28.6 Å². The minimum absolute atomic E-state index is 0.0644. The van der Waals surface area contributed by atoms with E-state index in [1.807, 2.05) is 0 Å². The first kappa shape index (κ1) is 46.4. The summed E-state index contributed by atoms with van der Waals surface area (Å²) in [5.74, 6) is -0.873. The van der Waals surface area contributed by atoms with E-state index >= 15 is 0 Å². The summed E-state index contributed by atoms with van der Waals surface area (Å²) in [5.41, 5.74) is 0. The van der Waals surface area contributed by atoms with Crippen LogP contribution >= 0.6 is 0 Å². The van der Waals surface area contributed by atoms with Gasteiger partial charge in [0.25, 0.3) is 0 Å². The fourth-order valence-corrected chi connectivity index (χ4v) is 6.15. The van der Waals surface area contributed by atoms with E-state index in [-0.39, 0.29) is 31.1 Å². The van der Waals surface area contributed by atoms with Gasteiger partial charge in [0.2, 0.25) is 0 Å². The minimum Gasteiger partial charge on any atom is -0.462 e. The fraction of sp³-hybridized carbons (Fsp3) is 0.929. The quantitative estimate of drug-likeness (QED) is 0.0367. The predicted octanol–water partition coefficient (Wildman–Crippen LogP) is 12.9. The molecule has 0 aliphatic carbocycles. The maximum absolute atomic E-state index is 12.6. The molecule has 284 valence electrons. The van der Waals surface area contributed by atoms with Gasteiger partial charge >= 0.3 is 17.9 Å². The average Bonchev–Trinajstić information content (AvgIpc) is 3.08. The fourth-order valence-electron chi connectivity index (χ4n) is 6.15. The van der Waals surface area contributed by atoms with E-state index in [1.165, 1.54) is 128 Å². The third-order valence-corrected chi connectivity index (χ3v) is 9.36. The molecule has 0 aromatic rings. The number of unbranched alkanes of at least 4 members (excludes halogenated alkanes) is 27. The lowest BCUT2D eigenvalue weighted by Gasteiger charge is -2.18. The van der Waals surface area contributed by atoms with Crippen molar-refractivity contribution in [3.63, 3.8) is 0 Å². The molecular weight excluding hydrogens is 600 g/mol. The zero-order valence-corrected chi connectivity index (χ0v) is 32.3. The van der Waals surface area contributed by atoms with Crippen LogP contribution in [0.1, 0.15) is 233 Å². The number of ether oxygens (including phenoxy) is 3. The third kappa shape index (κ3) is 35.7. The van der Waals surface area contributed by atoms with Crippen molar-refractivity contribution in [3.8, 4) is 0 Å². The van der Waals surface area contributed by atoms with Crippen LogP contribution in [-0.4, -0.2) is 37.2 Å². The molecule has 0 aromatic heterocycles. The second-order valence-corrected chi connectivity index (χ2v) is 14.3. The number of rotatable bonds is 38. The zero-order valence-electron chi connectivity index (χ0n) is 32.3. The van der Waals surface area contributed by atoms with Gasteiger partial charge in [-0.15, -0.1) is 0 Å². The van der Waals surface area contributed by atoms with Crippen LogP contribution in [0.15, 0.2) is 0 Å². The van der Waals surface area contributed by atoms with E-state index < -0.39 is 6.10 Å². The van der Waals surface area contributed by atoms with Crippen molar-refractivity contribution in [2.24, 2.45) is 0 Å². The Morgan fingerprint density at radius 1 is 0.333 bits per heavy atom. The minimum atomic E-state index is -0.755. The third-order valence-electron chi connectivity index (χ3n) is 9.36. The smallest absolute Gasteiger partial charge is 0.306 e. The molecule has 0 saturated heterocycles. The Labute approximate surface area is 298 Å². The molecule has 0 aliphatic heterocycles. The van der Waals surface area contributed by atoms with Gasteiger partial charge in [0.05, 0.1) is 0 Å². The molecule has 6 nitrogen and oxygen atoms in total. The lowest BCUT2D eigenvalue weighted by atomic mass is 10.0. The van der Waals surface area contributed by atoms with Crippen molar-refractivity contribution >= 4 is 17.9 Å². The second-order valence-electron chi connectivity index (χ2n) is 14.3. The molecule has 0 N–H and O–H groups in total. The molecule has 0 fully saturated rings. The molecule has 6 heteroatoms. The van der Waals surface area contributed by atoms with E-state index in [2.05, 4.69) is 20.8 Å². The standard InChI is InChI=1S/C42H80O6/c1-4-7-10-13-15-17-19-20-21-22-23-25-26-29-32-35-41(44)47-38-39(37-46-40(43)34-31-28-12-9-6-3)48-42(45)36-33-30-27-24-18-16-14-11-8-5-2/h39H,4-38H2,1-3H3. The Morgan fingerprint density at radius 2 is 0.562 bits per heavy atom. The van der Waals surface area contributed by atoms with Crippen LogP contribution < -0.4 is 0 Å². The van der Waals surface area contributed by atoms with Gasteiger partial charge in [-0.25, -0.2) is 0 Å². The molecule has 1 unspecified atom stereocenters. The number of hydrogen-bond donors (Lipinski definition) is 0. The van der Waals surface area contributed by atoms with Crippen LogP contribution in [0.25, 0.3) is 0 Å². The zero-order chi connectivity index (χ0) is 35.2. The highest BCUT2D eigenvalue weighted by Gasteiger charge is 2.19. The molecule has 0 spiro atoms. The topological polar surface area (TPSA) is 78.9 Å². The molecule has 1 atom stereocenters. The van der Waals surface area contributed by atoms with Crippen molar-refractivity contribution in [1.29, 1.82) is 0 Å². The highest BCUT2D eigenvalue weighted by atomic mass is 16.6. The Bertz CT molecular complexity index is 708. The molecule has 0 aromatic carbocycles. The van der Waals surface area contributed by atoms with Gasteiger partial charge in [-0.05, 0) is 19.3 Å². The summed E-state index contributed by atoms with van der Waals surface area (Å²) in [6, 6.07) is 0. The van der Waals surface area contributed by atoms with E-state index in [9.17, 15) is 14.4 Å². The SMILES string of the molecule is CCCCCCCCCCCCCCCCCC(=O)OCC(COC(=O)CCCCCCC)OC(=O)CCCCCCCCCCCC. The molecule has 0 radical (unpaired) electrons. The van der Waals surface area contributed by atoms with Crippen LogP contribution in [0, 0.1) is 0 Å². The molecule has 0 aliphatic rings. The number of carbonyl (C=O) groups excluding carboxylic acids is 3. The second kappa shape index (κ2) is 38.2. The first-order chi connectivity index (χ1) is 23.5. The van der Waals surface area contributed by atoms with E-state index in [0.717, 1.165) is 64.2 Å². The first-order valence-electron chi connectivity index (χ1n) is 21.0.